The van der Waals surface area contributed by atoms with Crippen LogP contribution in [0.1, 0.15) is 51.0 Å². The number of rotatable bonds is 9. The van der Waals surface area contributed by atoms with Crippen molar-refractivity contribution in [3.05, 3.63) is 48.0 Å². The molecule has 0 radical (unpaired) electrons. The maximum absolute atomic E-state index is 14.1. The summed E-state index contributed by atoms with van der Waals surface area (Å²) in [6.07, 6.45) is 1.76. The van der Waals surface area contributed by atoms with Gasteiger partial charge in [-0.05, 0) is 43.4 Å². The summed E-state index contributed by atoms with van der Waals surface area (Å²) in [4.78, 5) is 35.0. The maximum Gasteiger partial charge on any atom is 0.237 e. The lowest BCUT2D eigenvalue weighted by atomic mass is 9.82. The van der Waals surface area contributed by atoms with E-state index in [9.17, 15) is 19.8 Å². The van der Waals surface area contributed by atoms with Crippen LogP contribution in [0.2, 0.25) is 0 Å². The number of ether oxygens (including phenoxy) is 3. The fourth-order valence-corrected chi connectivity index (χ4v) is 5.88. The van der Waals surface area contributed by atoms with Gasteiger partial charge in [0.15, 0.2) is 0 Å². The topological polar surface area (TPSA) is 139 Å². The molecule has 252 valence electrons. The van der Waals surface area contributed by atoms with Crippen LogP contribution in [0, 0.1) is 18.8 Å². The van der Waals surface area contributed by atoms with E-state index < -0.39 is 18.3 Å². The molecule has 2 aromatic rings. The van der Waals surface area contributed by atoms with Crippen molar-refractivity contribution in [2.75, 3.05) is 60.2 Å². The first-order valence-corrected chi connectivity index (χ1v) is 15.9. The molecule has 12 heteroatoms. The predicted molar refractivity (Wildman–Crippen MR) is 171 cm³/mol. The number of carbonyl (C=O) groups excluding carboxylic acids is 2. The van der Waals surface area contributed by atoms with Gasteiger partial charge in [-0.15, -0.1) is 0 Å². The molecule has 1 aliphatic rings. The first kappa shape index (κ1) is 36.4. The van der Waals surface area contributed by atoms with Crippen LogP contribution in [0.4, 0.5) is 0 Å². The van der Waals surface area contributed by atoms with Crippen molar-refractivity contribution in [3.63, 3.8) is 0 Å². The van der Waals surface area contributed by atoms with Gasteiger partial charge in [-0.2, -0.15) is 0 Å². The average Bonchev–Trinajstić information content (AvgIpc) is 3.43. The fourth-order valence-electron chi connectivity index (χ4n) is 5.88. The number of nitrogens with one attached hydrogen (secondary N) is 1. The second kappa shape index (κ2) is 18.2. The molecule has 1 fully saturated rings. The third kappa shape index (κ3) is 10.5. The molecule has 0 unspecified atom stereocenters. The zero-order valence-corrected chi connectivity index (χ0v) is 27.7. The standard InChI is InChI=1S/C33H53N5O7/c1-23(2)28-20-37(25(4)39)21-30(44-6)33(42)29(40)22-45-17-8-7-14-38(32(28)26-10-9-11-27(18-26)43-5)31(41)19-34-12-15-36-16-13-35-24(36)3/h9-11,13,16,18,23,28-30,32-34,40,42H,7-8,12,14-15,17,19-22H2,1-6H3/t28-,29+,30+,32-,33+/m1/s1. The summed E-state index contributed by atoms with van der Waals surface area (Å²) >= 11 is 0. The Balaban J connectivity index is 2.00. The van der Waals surface area contributed by atoms with Crippen LogP contribution < -0.4 is 10.1 Å². The number of aromatic nitrogens is 2. The molecule has 3 rings (SSSR count). The second-order valence-corrected chi connectivity index (χ2v) is 12.1. The molecule has 5 atom stereocenters. The van der Waals surface area contributed by atoms with E-state index in [1.807, 2.05) is 46.9 Å². The number of imidazole rings is 1. The zero-order chi connectivity index (χ0) is 32.9. The molecular weight excluding hydrogens is 578 g/mol. The smallest absolute Gasteiger partial charge is 0.237 e. The Labute approximate surface area is 267 Å². The van der Waals surface area contributed by atoms with Crippen LogP contribution >= 0.6 is 0 Å². The minimum Gasteiger partial charge on any atom is -0.497 e. The molecule has 1 aromatic carbocycles. The normalized spacial score (nSPS) is 24.2. The van der Waals surface area contributed by atoms with Gasteiger partial charge in [0.2, 0.25) is 11.8 Å². The summed E-state index contributed by atoms with van der Waals surface area (Å²) in [6, 6.07) is 7.38. The van der Waals surface area contributed by atoms with E-state index in [1.165, 1.54) is 14.0 Å². The molecule has 0 spiro atoms. The highest BCUT2D eigenvalue weighted by atomic mass is 16.5. The molecule has 1 aromatic heterocycles. The number of aliphatic hydroxyl groups is 2. The number of carbonyl (C=O) groups is 2. The number of aryl methyl sites for hydroxylation is 1. The Morgan fingerprint density at radius 2 is 1.96 bits per heavy atom. The number of aliphatic hydroxyl groups excluding tert-OH is 2. The Morgan fingerprint density at radius 3 is 2.60 bits per heavy atom. The fraction of sp³-hybridized carbons (Fsp3) is 0.667. The lowest BCUT2D eigenvalue weighted by Gasteiger charge is -2.42. The molecule has 1 aliphatic heterocycles. The average molecular weight is 632 g/mol. The van der Waals surface area contributed by atoms with E-state index >= 15 is 0 Å². The zero-order valence-electron chi connectivity index (χ0n) is 27.7. The summed E-state index contributed by atoms with van der Waals surface area (Å²) in [6.45, 7) is 10.2. The van der Waals surface area contributed by atoms with Gasteiger partial charge in [0, 0.05) is 71.7 Å². The van der Waals surface area contributed by atoms with Gasteiger partial charge in [-0.1, -0.05) is 26.0 Å². The van der Waals surface area contributed by atoms with Crippen molar-refractivity contribution >= 4 is 11.8 Å². The Morgan fingerprint density at radius 1 is 1.18 bits per heavy atom. The summed E-state index contributed by atoms with van der Waals surface area (Å²) in [7, 11) is 3.07. The lowest BCUT2D eigenvalue weighted by Crippen LogP contribution is -2.51. The van der Waals surface area contributed by atoms with Crippen molar-refractivity contribution in [2.24, 2.45) is 11.8 Å². The van der Waals surface area contributed by atoms with E-state index in [-0.39, 0.29) is 49.4 Å². The quantitative estimate of drug-likeness (QED) is 0.355. The first-order chi connectivity index (χ1) is 21.6. The van der Waals surface area contributed by atoms with Crippen LogP contribution in [0.5, 0.6) is 5.75 Å². The van der Waals surface area contributed by atoms with Gasteiger partial charge in [0.05, 0.1) is 26.3 Å². The van der Waals surface area contributed by atoms with Crippen LogP contribution in [0.3, 0.4) is 0 Å². The largest absolute Gasteiger partial charge is 0.497 e. The molecular formula is C33H53N5O7. The van der Waals surface area contributed by atoms with Gasteiger partial charge in [0.1, 0.15) is 29.9 Å². The third-order valence-electron chi connectivity index (χ3n) is 8.66. The summed E-state index contributed by atoms with van der Waals surface area (Å²) in [5.74, 6) is 1.24. The van der Waals surface area contributed by atoms with Crippen molar-refractivity contribution in [3.8, 4) is 5.75 Å². The molecule has 3 N–H and O–H groups in total. The third-order valence-corrected chi connectivity index (χ3v) is 8.66. The van der Waals surface area contributed by atoms with E-state index in [4.69, 9.17) is 14.2 Å². The number of benzene rings is 1. The van der Waals surface area contributed by atoms with Gasteiger partial charge in [-0.3, -0.25) is 9.59 Å². The van der Waals surface area contributed by atoms with Crippen LogP contribution in [0.25, 0.3) is 0 Å². The van der Waals surface area contributed by atoms with Crippen molar-refractivity contribution in [1.29, 1.82) is 0 Å². The monoisotopic (exact) mass is 631 g/mol. The molecule has 0 saturated carbocycles. The number of methoxy groups -OCH3 is 2. The van der Waals surface area contributed by atoms with E-state index in [1.54, 1.807) is 18.2 Å². The number of hydrogen-bond acceptors (Lipinski definition) is 9. The van der Waals surface area contributed by atoms with E-state index in [0.717, 1.165) is 11.4 Å². The Hall–Kier alpha value is -3.03. The SMILES string of the molecule is COc1cccc([C@@H]2[C@@H](C(C)C)CN(C(C)=O)C[C@H](OC)[C@@H](O)[C@@H](O)COCCCCN2C(=O)CNCCn2ccnc2C)c1. The molecule has 0 bridgehead atoms. The van der Waals surface area contributed by atoms with Gasteiger partial charge >= 0.3 is 0 Å². The highest BCUT2D eigenvalue weighted by molar-refractivity contribution is 5.79. The van der Waals surface area contributed by atoms with Gasteiger partial charge < -0.3 is 44.1 Å². The summed E-state index contributed by atoms with van der Waals surface area (Å²) in [5.41, 5.74) is 0.915. The molecule has 2 amide bonds. The van der Waals surface area contributed by atoms with Crippen molar-refractivity contribution in [2.45, 2.75) is 71.4 Å². The van der Waals surface area contributed by atoms with Crippen LogP contribution in [0.15, 0.2) is 36.7 Å². The minimum atomic E-state index is -1.25. The molecule has 1 saturated heterocycles. The lowest BCUT2D eigenvalue weighted by molar-refractivity contribution is -0.139. The van der Waals surface area contributed by atoms with Gasteiger partial charge in [-0.25, -0.2) is 4.98 Å². The Kier molecular flexibility index (Phi) is 14.7. The Bertz CT molecular complexity index is 1190. The molecule has 2 heterocycles. The van der Waals surface area contributed by atoms with Crippen LogP contribution in [-0.2, 0) is 25.6 Å². The van der Waals surface area contributed by atoms with Crippen molar-refractivity contribution in [1.82, 2.24) is 24.7 Å². The molecule has 12 nitrogen and oxygen atoms in total. The van der Waals surface area contributed by atoms with Gasteiger partial charge in [0.25, 0.3) is 0 Å². The molecule has 0 aliphatic carbocycles. The number of nitrogens with zero attached hydrogens (tertiary/aromatic N) is 4. The maximum atomic E-state index is 14.1. The molecule has 45 heavy (non-hydrogen) atoms. The van der Waals surface area contributed by atoms with E-state index in [2.05, 4.69) is 24.1 Å². The summed E-state index contributed by atoms with van der Waals surface area (Å²) < 4.78 is 18.9. The van der Waals surface area contributed by atoms with Crippen molar-refractivity contribution < 1.29 is 34.0 Å². The number of amides is 2. The minimum absolute atomic E-state index is 0.0453. The highest BCUT2D eigenvalue weighted by Gasteiger charge is 2.37. The highest BCUT2D eigenvalue weighted by Crippen LogP contribution is 2.36. The number of hydrogen-bond donors (Lipinski definition) is 3. The summed E-state index contributed by atoms with van der Waals surface area (Å²) in [5, 5.41) is 24.8. The second-order valence-electron chi connectivity index (χ2n) is 12.1. The van der Waals surface area contributed by atoms with E-state index in [0.29, 0.717) is 51.4 Å². The predicted octanol–water partition coefficient (Wildman–Crippen LogP) is 2.03. The van der Waals surface area contributed by atoms with Crippen LogP contribution in [-0.4, -0.2) is 120 Å². The first-order valence-electron chi connectivity index (χ1n) is 15.9.